The van der Waals surface area contributed by atoms with Crippen molar-refractivity contribution < 1.29 is 19.0 Å². The summed E-state index contributed by atoms with van der Waals surface area (Å²) in [6.45, 7) is 13.1. The van der Waals surface area contributed by atoms with Crippen LogP contribution in [-0.2, 0) is 0 Å². The molecule has 0 saturated carbocycles. The molecule has 2 rings (SSSR count). The maximum absolute atomic E-state index is 13.1. The summed E-state index contributed by atoms with van der Waals surface area (Å²) in [5, 5.41) is 3.37. The number of amides is 1. The first-order valence-corrected chi connectivity index (χ1v) is 10.5. The molecule has 0 heterocycles. The summed E-state index contributed by atoms with van der Waals surface area (Å²) in [5.41, 5.74) is 1.93. The number of carbonyl (C=O) groups is 1. The average molecular weight is 415 g/mol. The van der Waals surface area contributed by atoms with E-state index < -0.39 is 0 Å². The molecule has 164 valence electrons. The van der Waals surface area contributed by atoms with Gasteiger partial charge in [0.05, 0.1) is 30.6 Å². The van der Waals surface area contributed by atoms with Gasteiger partial charge < -0.3 is 24.4 Å². The summed E-state index contributed by atoms with van der Waals surface area (Å²) < 4.78 is 17.3. The van der Waals surface area contributed by atoms with E-state index in [4.69, 9.17) is 14.2 Å². The van der Waals surface area contributed by atoms with Crippen LogP contribution in [0.1, 0.15) is 51.9 Å². The van der Waals surface area contributed by atoms with Gasteiger partial charge in [0.1, 0.15) is 17.2 Å². The van der Waals surface area contributed by atoms with E-state index in [1.165, 1.54) is 0 Å². The van der Waals surface area contributed by atoms with Crippen LogP contribution in [0.2, 0.25) is 0 Å². The number of para-hydroxylation sites is 1. The molecule has 0 bridgehead atoms. The zero-order valence-corrected chi connectivity index (χ0v) is 19.1. The van der Waals surface area contributed by atoms with E-state index in [2.05, 4.69) is 5.32 Å². The van der Waals surface area contributed by atoms with Gasteiger partial charge in [0.25, 0.3) is 5.91 Å². The van der Waals surface area contributed by atoms with Gasteiger partial charge in [-0.15, -0.1) is 0 Å². The molecular weight excluding hydrogens is 380 g/mol. The first-order valence-electron chi connectivity index (χ1n) is 10.5. The Morgan fingerprint density at radius 3 is 2.00 bits per heavy atom. The minimum Gasteiger partial charge on any atom is -0.495 e. The molecule has 0 unspecified atom stereocenters. The third-order valence-corrected chi connectivity index (χ3v) is 4.42. The summed E-state index contributed by atoms with van der Waals surface area (Å²) >= 11 is 0. The number of methoxy groups -OCH3 is 1. The lowest BCUT2D eigenvalue weighted by Crippen LogP contribution is -2.31. The van der Waals surface area contributed by atoms with E-state index in [0.29, 0.717) is 41.6 Å². The van der Waals surface area contributed by atoms with E-state index in [1.54, 1.807) is 12.0 Å². The fourth-order valence-corrected chi connectivity index (χ4v) is 3.16. The fraction of sp³-hybridized carbons (Fsp3) is 0.458. The Bertz CT molecular complexity index is 817. The smallest absolute Gasteiger partial charge is 0.256 e. The standard InChI is InChI=1S/C24H34N2O4/c1-8-26(9-2)24(27)21-11-10-12-22(28-7)23(21)25-18-13-19(29-16(3)4)15-20(14-18)30-17(5)6/h10-17,25H,8-9H2,1-7H3. The monoisotopic (exact) mass is 414 g/mol. The Labute approximate surface area is 180 Å². The van der Waals surface area contributed by atoms with Crippen LogP contribution in [0.3, 0.4) is 0 Å². The molecule has 2 aromatic rings. The zero-order valence-electron chi connectivity index (χ0n) is 19.1. The van der Waals surface area contributed by atoms with Gasteiger partial charge in [0.2, 0.25) is 0 Å². The van der Waals surface area contributed by atoms with Crippen molar-refractivity contribution in [1.82, 2.24) is 4.90 Å². The fourth-order valence-electron chi connectivity index (χ4n) is 3.16. The van der Waals surface area contributed by atoms with Crippen molar-refractivity contribution in [3.63, 3.8) is 0 Å². The molecule has 0 radical (unpaired) electrons. The van der Waals surface area contributed by atoms with E-state index >= 15 is 0 Å². The highest BCUT2D eigenvalue weighted by Crippen LogP contribution is 2.35. The Balaban J connectivity index is 2.51. The van der Waals surface area contributed by atoms with E-state index in [1.807, 2.05) is 77.9 Å². The predicted octanol–water partition coefficient (Wildman–Crippen LogP) is 5.50. The highest BCUT2D eigenvalue weighted by Gasteiger charge is 2.20. The number of nitrogens with zero attached hydrogens (tertiary/aromatic N) is 1. The summed E-state index contributed by atoms with van der Waals surface area (Å²) in [6, 6.07) is 11.1. The summed E-state index contributed by atoms with van der Waals surface area (Å²) in [7, 11) is 1.60. The molecule has 2 aromatic carbocycles. The summed E-state index contributed by atoms with van der Waals surface area (Å²) in [4.78, 5) is 14.9. The minimum absolute atomic E-state index is 0.0261. The first-order chi connectivity index (χ1) is 14.3. The second kappa shape index (κ2) is 10.8. The van der Waals surface area contributed by atoms with Crippen LogP contribution in [-0.4, -0.2) is 43.2 Å². The third kappa shape index (κ3) is 6.05. The second-order valence-electron chi connectivity index (χ2n) is 7.51. The van der Waals surface area contributed by atoms with Gasteiger partial charge in [-0.2, -0.15) is 0 Å². The quantitative estimate of drug-likeness (QED) is 0.557. The van der Waals surface area contributed by atoms with Crippen molar-refractivity contribution in [2.24, 2.45) is 0 Å². The van der Waals surface area contributed by atoms with E-state index in [-0.39, 0.29) is 18.1 Å². The SMILES string of the molecule is CCN(CC)C(=O)c1cccc(OC)c1Nc1cc(OC(C)C)cc(OC(C)C)c1. The van der Waals surface area contributed by atoms with Gasteiger partial charge in [-0.3, -0.25) is 4.79 Å². The maximum atomic E-state index is 13.1. The number of rotatable bonds is 10. The molecule has 30 heavy (non-hydrogen) atoms. The summed E-state index contributed by atoms with van der Waals surface area (Å²) in [6.07, 6.45) is 0.0523. The summed E-state index contributed by atoms with van der Waals surface area (Å²) in [5.74, 6) is 1.93. The molecule has 0 atom stereocenters. The average Bonchev–Trinajstić information content (AvgIpc) is 2.67. The normalized spacial score (nSPS) is 10.8. The van der Waals surface area contributed by atoms with Crippen LogP contribution in [0.25, 0.3) is 0 Å². The third-order valence-electron chi connectivity index (χ3n) is 4.42. The van der Waals surface area contributed by atoms with E-state index in [9.17, 15) is 4.79 Å². The van der Waals surface area contributed by atoms with Crippen molar-refractivity contribution in [2.45, 2.75) is 53.8 Å². The van der Waals surface area contributed by atoms with Crippen LogP contribution in [0.4, 0.5) is 11.4 Å². The number of benzene rings is 2. The van der Waals surface area contributed by atoms with Crippen LogP contribution < -0.4 is 19.5 Å². The van der Waals surface area contributed by atoms with Gasteiger partial charge in [-0.25, -0.2) is 0 Å². The largest absolute Gasteiger partial charge is 0.495 e. The van der Waals surface area contributed by atoms with Gasteiger partial charge in [-0.05, 0) is 53.7 Å². The van der Waals surface area contributed by atoms with Crippen molar-refractivity contribution in [3.8, 4) is 17.2 Å². The molecule has 6 heteroatoms. The number of carbonyl (C=O) groups excluding carboxylic acids is 1. The predicted molar refractivity (Wildman–Crippen MR) is 121 cm³/mol. The van der Waals surface area contributed by atoms with E-state index in [0.717, 1.165) is 5.69 Å². The van der Waals surface area contributed by atoms with Crippen molar-refractivity contribution in [3.05, 3.63) is 42.0 Å². The van der Waals surface area contributed by atoms with Gasteiger partial charge in [-0.1, -0.05) is 6.07 Å². The minimum atomic E-state index is -0.0466. The zero-order chi connectivity index (χ0) is 22.3. The molecule has 0 aliphatic rings. The first kappa shape index (κ1) is 23.4. The Kier molecular flexibility index (Phi) is 8.39. The topological polar surface area (TPSA) is 60.0 Å². The highest BCUT2D eigenvalue weighted by molar-refractivity contribution is 6.01. The van der Waals surface area contributed by atoms with Gasteiger partial charge in [0.15, 0.2) is 0 Å². The number of ether oxygens (including phenoxy) is 3. The Morgan fingerprint density at radius 1 is 0.967 bits per heavy atom. The lowest BCUT2D eigenvalue weighted by Gasteiger charge is -2.22. The molecule has 0 fully saturated rings. The van der Waals surface area contributed by atoms with Gasteiger partial charge in [0, 0.05) is 37.0 Å². The molecule has 0 aliphatic carbocycles. The Morgan fingerprint density at radius 2 is 1.53 bits per heavy atom. The second-order valence-corrected chi connectivity index (χ2v) is 7.51. The van der Waals surface area contributed by atoms with Crippen LogP contribution in [0.5, 0.6) is 17.2 Å². The molecular formula is C24H34N2O4. The lowest BCUT2D eigenvalue weighted by atomic mass is 10.1. The molecule has 0 aromatic heterocycles. The van der Waals surface area contributed by atoms with Gasteiger partial charge >= 0.3 is 0 Å². The maximum Gasteiger partial charge on any atom is 0.256 e. The van der Waals surface area contributed by atoms with Crippen LogP contribution in [0.15, 0.2) is 36.4 Å². The highest BCUT2D eigenvalue weighted by atomic mass is 16.5. The molecule has 6 nitrogen and oxygen atoms in total. The van der Waals surface area contributed by atoms with Crippen molar-refractivity contribution >= 4 is 17.3 Å². The Hall–Kier alpha value is -2.89. The van der Waals surface area contributed by atoms with Crippen molar-refractivity contribution in [1.29, 1.82) is 0 Å². The molecule has 0 spiro atoms. The lowest BCUT2D eigenvalue weighted by molar-refractivity contribution is 0.0773. The molecule has 0 aliphatic heterocycles. The number of anilines is 2. The van der Waals surface area contributed by atoms with Crippen LogP contribution in [0, 0.1) is 0 Å². The molecule has 1 amide bonds. The van der Waals surface area contributed by atoms with Crippen molar-refractivity contribution in [2.75, 3.05) is 25.5 Å². The number of hydrogen-bond acceptors (Lipinski definition) is 5. The molecule has 0 saturated heterocycles. The number of hydrogen-bond donors (Lipinski definition) is 1. The van der Waals surface area contributed by atoms with Crippen LogP contribution >= 0.6 is 0 Å². The number of nitrogens with one attached hydrogen (secondary N) is 1. The molecule has 1 N–H and O–H groups in total.